The number of hydrogen-bond acceptors (Lipinski definition) is 3. The highest BCUT2D eigenvalue weighted by molar-refractivity contribution is 5.90. The Balaban J connectivity index is 2.55. The summed E-state index contributed by atoms with van der Waals surface area (Å²) in [6.07, 6.45) is 7.73. The van der Waals surface area contributed by atoms with Gasteiger partial charge in [0.1, 0.15) is 5.75 Å². The van der Waals surface area contributed by atoms with E-state index in [2.05, 4.69) is 6.92 Å². The van der Waals surface area contributed by atoms with Crippen molar-refractivity contribution < 1.29 is 19.7 Å². The SMILES string of the molecule is CCCCCCOCCCc1c(O)ccc(C(=O)O)c1CCC. The molecule has 1 rings (SSSR count). The number of aromatic carboxylic acids is 1. The van der Waals surface area contributed by atoms with Crippen molar-refractivity contribution in [1.82, 2.24) is 0 Å². The van der Waals surface area contributed by atoms with Crippen LogP contribution in [-0.4, -0.2) is 29.4 Å². The minimum absolute atomic E-state index is 0.196. The molecule has 0 spiro atoms. The second kappa shape index (κ2) is 11.1. The lowest BCUT2D eigenvalue weighted by Gasteiger charge is -2.14. The van der Waals surface area contributed by atoms with E-state index in [0.717, 1.165) is 37.0 Å². The molecule has 0 fully saturated rings. The molecule has 2 N–H and O–H groups in total. The summed E-state index contributed by atoms with van der Waals surface area (Å²) in [5.41, 5.74) is 1.84. The number of hydrogen-bond donors (Lipinski definition) is 2. The second-order valence-electron chi connectivity index (χ2n) is 5.92. The normalized spacial score (nSPS) is 10.9. The Morgan fingerprint density at radius 2 is 1.70 bits per heavy atom. The zero-order chi connectivity index (χ0) is 17.1. The molecule has 0 bridgehead atoms. The van der Waals surface area contributed by atoms with Crippen LogP contribution in [0.3, 0.4) is 0 Å². The van der Waals surface area contributed by atoms with Gasteiger partial charge < -0.3 is 14.9 Å². The quantitative estimate of drug-likeness (QED) is 0.553. The summed E-state index contributed by atoms with van der Waals surface area (Å²) >= 11 is 0. The topological polar surface area (TPSA) is 66.8 Å². The van der Waals surface area contributed by atoms with Gasteiger partial charge in [0.2, 0.25) is 0 Å². The maximum atomic E-state index is 11.4. The van der Waals surface area contributed by atoms with Crippen molar-refractivity contribution in [3.05, 3.63) is 28.8 Å². The predicted molar refractivity (Wildman–Crippen MR) is 92.3 cm³/mol. The number of carbonyl (C=O) groups is 1. The molecule has 0 amide bonds. The van der Waals surface area contributed by atoms with Crippen LogP contribution in [-0.2, 0) is 17.6 Å². The maximum absolute atomic E-state index is 11.4. The van der Waals surface area contributed by atoms with Gasteiger partial charge in [-0.2, -0.15) is 0 Å². The van der Waals surface area contributed by atoms with Crippen LogP contribution in [0.4, 0.5) is 0 Å². The van der Waals surface area contributed by atoms with E-state index in [1.54, 1.807) is 0 Å². The Labute approximate surface area is 139 Å². The summed E-state index contributed by atoms with van der Waals surface area (Å²) in [7, 11) is 0. The van der Waals surface area contributed by atoms with Crippen molar-refractivity contribution in [2.75, 3.05) is 13.2 Å². The number of ether oxygens (including phenoxy) is 1. The molecule has 4 nitrogen and oxygen atoms in total. The zero-order valence-electron chi connectivity index (χ0n) is 14.4. The van der Waals surface area contributed by atoms with Gasteiger partial charge >= 0.3 is 5.97 Å². The molecule has 0 saturated heterocycles. The van der Waals surface area contributed by atoms with E-state index < -0.39 is 5.97 Å². The zero-order valence-corrected chi connectivity index (χ0v) is 14.4. The Hall–Kier alpha value is -1.55. The third kappa shape index (κ3) is 6.61. The molecule has 1 aromatic rings. The van der Waals surface area contributed by atoms with Crippen LogP contribution in [0.5, 0.6) is 5.75 Å². The smallest absolute Gasteiger partial charge is 0.335 e. The monoisotopic (exact) mass is 322 g/mol. The molecule has 0 aliphatic heterocycles. The van der Waals surface area contributed by atoms with Gasteiger partial charge in [-0.15, -0.1) is 0 Å². The molecule has 1 aromatic carbocycles. The molecule has 0 unspecified atom stereocenters. The number of unbranched alkanes of at least 4 members (excludes halogenated alkanes) is 3. The minimum atomic E-state index is -0.929. The fourth-order valence-electron chi connectivity index (χ4n) is 2.78. The lowest BCUT2D eigenvalue weighted by Crippen LogP contribution is -2.07. The van der Waals surface area contributed by atoms with Gasteiger partial charge in [-0.05, 0) is 48.9 Å². The summed E-state index contributed by atoms with van der Waals surface area (Å²) < 4.78 is 5.62. The maximum Gasteiger partial charge on any atom is 0.335 e. The average Bonchev–Trinajstić information content (AvgIpc) is 2.52. The molecule has 0 aliphatic rings. The van der Waals surface area contributed by atoms with E-state index in [0.29, 0.717) is 25.0 Å². The first-order valence-corrected chi connectivity index (χ1v) is 8.76. The molecule has 0 atom stereocenters. The van der Waals surface area contributed by atoms with Crippen LogP contribution in [0.15, 0.2) is 12.1 Å². The summed E-state index contributed by atoms with van der Waals surface area (Å²) in [4.78, 5) is 11.4. The number of benzene rings is 1. The second-order valence-corrected chi connectivity index (χ2v) is 5.92. The van der Waals surface area contributed by atoms with Gasteiger partial charge in [0.25, 0.3) is 0 Å². The van der Waals surface area contributed by atoms with E-state index in [1.165, 1.54) is 31.4 Å². The van der Waals surface area contributed by atoms with Gasteiger partial charge in [-0.25, -0.2) is 4.79 Å². The van der Waals surface area contributed by atoms with Gasteiger partial charge in [-0.1, -0.05) is 39.5 Å². The predicted octanol–water partition coefficient (Wildman–Crippen LogP) is 4.57. The van der Waals surface area contributed by atoms with Crippen molar-refractivity contribution in [2.24, 2.45) is 0 Å². The van der Waals surface area contributed by atoms with Crippen LogP contribution in [0.1, 0.15) is 73.9 Å². The first-order chi connectivity index (χ1) is 11.1. The van der Waals surface area contributed by atoms with E-state index in [1.807, 2.05) is 6.92 Å². The molecule has 0 aliphatic carbocycles. The summed E-state index contributed by atoms with van der Waals surface area (Å²) in [6.45, 7) is 5.63. The fourth-order valence-corrected chi connectivity index (χ4v) is 2.78. The van der Waals surface area contributed by atoms with Crippen LogP contribution in [0.2, 0.25) is 0 Å². The largest absolute Gasteiger partial charge is 0.508 e. The Kier molecular flexibility index (Phi) is 9.37. The van der Waals surface area contributed by atoms with E-state index in [4.69, 9.17) is 4.74 Å². The molecular formula is C19H30O4. The highest BCUT2D eigenvalue weighted by Crippen LogP contribution is 2.27. The van der Waals surface area contributed by atoms with E-state index in [9.17, 15) is 15.0 Å². The summed E-state index contributed by atoms with van der Waals surface area (Å²) in [5.74, 6) is -0.733. The number of phenolic OH excluding ortho intramolecular Hbond substituents is 1. The molecular weight excluding hydrogens is 292 g/mol. The molecule has 130 valence electrons. The van der Waals surface area contributed by atoms with E-state index >= 15 is 0 Å². The highest BCUT2D eigenvalue weighted by atomic mass is 16.5. The van der Waals surface area contributed by atoms with E-state index in [-0.39, 0.29) is 5.75 Å². The van der Waals surface area contributed by atoms with Gasteiger partial charge in [0, 0.05) is 13.2 Å². The lowest BCUT2D eigenvalue weighted by molar-refractivity contribution is 0.0695. The first kappa shape index (κ1) is 19.5. The van der Waals surface area contributed by atoms with Crippen molar-refractivity contribution in [2.45, 2.75) is 65.2 Å². The number of aromatic hydroxyl groups is 1. The Bertz CT molecular complexity index is 483. The fraction of sp³-hybridized carbons (Fsp3) is 0.632. The van der Waals surface area contributed by atoms with Gasteiger partial charge in [0.15, 0.2) is 0 Å². The number of carboxylic acids is 1. The highest BCUT2D eigenvalue weighted by Gasteiger charge is 2.16. The lowest BCUT2D eigenvalue weighted by atomic mass is 9.93. The number of rotatable bonds is 12. The first-order valence-electron chi connectivity index (χ1n) is 8.76. The van der Waals surface area contributed by atoms with Crippen molar-refractivity contribution in [3.63, 3.8) is 0 Å². The number of carboxylic acid groups (broad SMARTS) is 1. The van der Waals surface area contributed by atoms with Crippen LogP contribution < -0.4 is 0 Å². The Morgan fingerprint density at radius 3 is 2.35 bits per heavy atom. The molecule has 0 heterocycles. The summed E-state index contributed by atoms with van der Waals surface area (Å²) in [5, 5.41) is 19.4. The number of phenols is 1. The van der Waals surface area contributed by atoms with Gasteiger partial charge in [-0.3, -0.25) is 0 Å². The van der Waals surface area contributed by atoms with Gasteiger partial charge in [0.05, 0.1) is 5.56 Å². The molecule has 0 saturated carbocycles. The molecule has 4 heteroatoms. The third-order valence-electron chi connectivity index (χ3n) is 3.99. The average molecular weight is 322 g/mol. The third-order valence-corrected chi connectivity index (χ3v) is 3.99. The summed E-state index contributed by atoms with van der Waals surface area (Å²) in [6, 6.07) is 2.99. The molecule has 0 aromatic heterocycles. The van der Waals surface area contributed by atoms with Crippen molar-refractivity contribution in [3.8, 4) is 5.75 Å². The van der Waals surface area contributed by atoms with Crippen LogP contribution in [0.25, 0.3) is 0 Å². The minimum Gasteiger partial charge on any atom is -0.508 e. The van der Waals surface area contributed by atoms with Crippen LogP contribution in [0, 0.1) is 0 Å². The van der Waals surface area contributed by atoms with Crippen LogP contribution >= 0.6 is 0 Å². The van der Waals surface area contributed by atoms with Crippen molar-refractivity contribution >= 4 is 5.97 Å². The standard InChI is InChI=1S/C19H30O4/c1-3-5-6-7-13-23-14-8-10-16-15(9-4-2)17(19(21)22)11-12-18(16)20/h11-12,20H,3-10,13-14H2,1-2H3,(H,21,22). The molecule has 0 radical (unpaired) electrons. The van der Waals surface area contributed by atoms with Crippen molar-refractivity contribution in [1.29, 1.82) is 0 Å². The molecule has 23 heavy (non-hydrogen) atoms. The Morgan fingerprint density at radius 1 is 0.957 bits per heavy atom.